The van der Waals surface area contributed by atoms with E-state index in [1.165, 1.54) is 17.7 Å². The molecule has 0 atom stereocenters. The predicted molar refractivity (Wildman–Crippen MR) is 85.2 cm³/mol. The topological polar surface area (TPSA) is 46.6 Å². The van der Waals surface area contributed by atoms with Gasteiger partial charge in [-0.3, -0.25) is 4.31 Å². The van der Waals surface area contributed by atoms with Crippen molar-refractivity contribution < 1.29 is 13.2 Å². The van der Waals surface area contributed by atoms with Crippen LogP contribution in [0.3, 0.4) is 0 Å². The van der Waals surface area contributed by atoms with Crippen LogP contribution in [-0.4, -0.2) is 21.8 Å². The van der Waals surface area contributed by atoms with Gasteiger partial charge in [0, 0.05) is 0 Å². The van der Waals surface area contributed by atoms with E-state index in [-0.39, 0.29) is 6.54 Å². The molecule has 0 aliphatic rings. The van der Waals surface area contributed by atoms with Gasteiger partial charge in [0.15, 0.2) is 0 Å². The zero-order chi connectivity index (χ0) is 15.5. The molecule has 0 aromatic heterocycles. The molecular weight excluding hydrogens is 286 g/mol. The van der Waals surface area contributed by atoms with E-state index in [4.69, 9.17) is 4.74 Å². The fourth-order valence-corrected chi connectivity index (χ4v) is 2.97. The van der Waals surface area contributed by atoms with E-state index in [9.17, 15) is 8.42 Å². The van der Waals surface area contributed by atoms with Crippen molar-refractivity contribution >= 4 is 15.7 Å². The maximum absolute atomic E-state index is 12.1. The maximum atomic E-state index is 12.1. The van der Waals surface area contributed by atoms with Crippen molar-refractivity contribution in [1.29, 1.82) is 0 Å². The predicted octanol–water partition coefficient (Wildman–Crippen LogP) is 2.97. The molecule has 2 aromatic carbocycles. The van der Waals surface area contributed by atoms with E-state index in [0.717, 1.165) is 11.1 Å². The first-order valence-electron chi connectivity index (χ1n) is 6.58. The van der Waals surface area contributed by atoms with Crippen molar-refractivity contribution in [2.45, 2.75) is 13.5 Å². The molecule has 4 nitrogen and oxygen atoms in total. The van der Waals surface area contributed by atoms with Crippen molar-refractivity contribution in [2.24, 2.45) is 0 Å². The van der Waals surface area contributed by atoms with Crippen LogP contribution >= 0.6 is 0 Å². The molecule has 0 aliphatic carbocycles. The second-order valence-electron chi connectivity index (χ2n) is 4.93. The maximum Gasteiger partial charge on any atom is 0.232 e. The van der Waals surface area contributed by atoms with E-state index in [1.807, 2.05) is 37.3 Å². The third kappa shape index (κ3) is 3.76. The fourth-order valence-electron chi connectivity index (χ4n) is 2.08. The number of methoxy groups -OCH3 is 1. The van der Waals surface area contributed by atoms with Gasteiger partial charge < -0.3 is 4.74 Å². The Kier molecular flexibility index (Phi) is 4.53. The monoisotopic (exact) mass is 305 g/mol. The largest absolute Gasteiger partial charge is 0.495 e. The molecule has 0 bridgehead atoms. The molecule has 21 heavy (non-hydrogen) atoms. The summed E-state index contributed by atoms with van der Waals surface area (Å²) in [4.78, 5) is 0. The number of aryl methyl sites for hydroxylation is 1. The molecule has 0 heterocycles. The third-order valence-corrected chi connectivity index (χ3v) is 4.33. The Morgan fingerprint density at radius 3 is 2.24 bits per heavy atom. The number of hydrogen-bond donors (Lipinski definition) is 0. The van der Waals surface area contributed by atoms with Crippen LogP contribution in [0.25, 0.3) is 0 Å². The molecule has 0 saturated heterocycles. The van der Waals surface area contributed by atoms with Crippen LogP contribution in [0.5, 0.6) is 5.75 Å². The standard InChI is InChI=1S/C16H19NO3S/c1-13-8-10-14(11-9-13)12-17(21(3,18)19)15-6-4-5-7-16(15)20-2/h4-11H,12H2,1-3H3. The summed E-state index contributed by atoms with van der Waals surface area (Å²) < 4.78 is 30.9. The van der Waals surface area contributed by atoms with Crippen LogP contribution < -0.4 is 9.04 Å². The summed E-state index contributed by atoms with van der Waals surface area (Å²) in [5.41, 5.74) is 2.61. The van der Waals surface area contributed by atoms with Gasteiger partial charge in [0.25, 0.3) is 0 Å². The van der Waals surface area contributed by atoms with Crippen LogP contribution in [0.4, 0.5) is 5.69 Å². The summed E-state index contributed by atoms with van der Waals surface area (Å²) in [5, 5.41) is 0. The van der Waals surface area contributed by atoms with Gasteiger partial charge in [-0.2, -0.15) is 0 Å². The van der Waals surface area contributed by atoms with Crippen molar-refractivity contribution in [3.63, 3.8) is 0 Å². The highest BCUT2D eigenvalue weighted by Gasteiger charge is 2.21. The first-order chi connectivity index (χ1) is 9.91. The van der Waals surface area contributed by atoms with Gasteiger partial charge in [0.2, 0.25) is 10.0 Å². The van der Waals surface area contributed by atoms with Crippen LogP contribution in [0, 0.1) is 6.92 Å². The first kappa shape index (κ1) is 15.4. The van der Waals surface area contributed by atoms with Gasteiger partial charge in [-0.1, -0.05) is 42.0 Å². The summed E-state index contributed by atoms with van der Waals surface area (Å²) in [6.07, 6.45) is 1.20. The van der Waals surface area contributed by atoms with Gasteiger partial charge >= 0.3 is 0 Å². The Balaban J connectivity index is 2.42. The number of anilines is 1. The van der Waals surface area contributed by atoms with Crippen LogP contribution in [-0.2, 0) is 16.6 Å². The number of benzene rings is 2. The van der Waals surface area contributed by atoms with Gasteiger partial charge in [-0.25, -0.2) is 8.42 Å². The molecular formula is C16H19NO3S. The van der Waals surface area contributed by atoms with Crippen molar-refractivity contribution in [2.75, 3.05) is 17.7 Å². The minimum atomic E-state index is -3.41. The number of para-hydroxylation sites is 2. The highest BCUT2D eigenvalue weighted by atomic mass is 32.2. The molecule has 0 aliphatic heterocycles. The minimum absolute atomic E-state index is 0.277. The molecule has 0 N–H and O–H groups in total. The lowest BCUT2D eigenvalue weighted by Crippen LogP contribution is -2.29. The number of sulfonamides is 1. The minimum Gasteiger partial charge on any atom is -0.495 e. The van der Waals surface area contributed by atoms with E-state index >= 15 is 0 Å². The average Bonchev–Trinajstić information content (AvgIpc) is 2.45. The highest BCUT2D eigenvalue weighted by Crippen LogP contribution is 2.30. The average molecular weight is 305 g/mol. The number of hydrogen-bond acceptors (Lipinski definition) is 3. The van der Waals surface area contributed by atoms with Gasteiger partial charge in [0.05, 0.1) is 25.6 Å². The molecule has 0 spiro atoms. The quantitative estimate of drug-likeness (QED) is 0.853. The molecule has 0 fully saturated rings. The SMILES string of the molecule is COc1ccccc1N(Cc1ccc(C)cc1)S(C)(=O)=O. The van der Waals surface area contributed by atoms with Crippen LogP contribution in [0.15, 0.2) is 48.5 Å². The third-order valence-electron chi connectivity index (χ3n) is 3.20. The lowest BCUT2D eigenvalue weighted by molar-refractivity contribution is 0.415. The van der Waals surface area contributed by atoms with Crippen molar-refractivity contribution in [1.82, 2.24) is 0 Å². The Bertz CT molecular complexity index is 709. The zero-order valence-corrected chi connectivity index (χ0v) is 13.2. The first-order valence-corrected chi connectivity index (χ1v) is 8.43. The molecule has 0 amide bonds. The summed E-state index contributed by atoms with van der Waals surface area (Å²) in [5.74, 6) is 0.537. The second-order valence-corrected chi connectivity index (χ2v) is 6.83. The Morgan fingerprint density at radius 1 is 1.05 bits per heavy atom. The number of ether oxygens (including phenoxy) is 1. The van der Waals surface area contributed by atoms with Gasteiger partial charge in [-0.15, -0.1) is 0 Å². The van der Waals surface area contributed by atoms with Gasteiger partial charge in [-0.05, 0) is 24.6 Å². The molecule has 0 saturated carbocycles. The van der Waals surface area contributed by atoms with Crippen molar-refractivity contribution in [3.05, 3.63) is 59.7 Å². The zero-order valence-electron chi connectivity index (χ0n) is 12.4. The summed E-state index contributed by atoms with van der Waals surface area (Å²) in [7, 11) is -1.87. The Labute approximate surface area is 126 Å². The molecule has 2 rings (SSSR count). The molecule has 5 heteroatoms. The summed E-state index contributed by atoms with van der Waals surface area (Å²) in [6, 6.07) is 14.9. The van der Waals surface area contributed by atoms with Crippen LogP contribution in [0.1, 0.15) is 11.1 Å². The molecule has 0 unspecified atom stereocenters. The lowest BCUT2D eigenvalue weighted by Gasteiger charge is -2.24. The number of rotatable bonds is 5. The number of nitrogens with zero attached hydrogens (tertiary/aromatic N) is 1. The highest BCUT2D eigenvalue weighted by molar-refractivity contribution is 7.92. The molecule has 112 valence electrons. The smallest absolute Gasteiger partial charge is 0.232 e. The van der Waals surface area contributed by atoms with E-state index in [0.29, 0.717) is 11.4 Å². The lowest BCUT2D eigenvalue weighted by atomic mass is 10.1. The second kappa shape index (κ2) is 6.18. The summed E-state index contributed by atoms with van der Waals surface area (Å²) in [6.45, 7) is 2.28. The Morgan fingerprint density at radius 2 is 1.67 bits per heavy atom. The summed E-state index contributed by atoms with van der Waals surface area (Å²) >= 11 is 0. The Hall–Kier alpha value is -2.01. The fraction of sp³-hybridized carbons (Fsp3) is 0.250. The van der Waals surface area contributed by atoms with Crippen LogP contribution in [0.2, 0.25) is 0 Å². The molecule has 2 aromatic rings. The van der Waals surface area contributed by atoms with E-state index < -0.39 is 10.0 Å². The normalized spacial score (nSPS) is 11.2. The van der Waals surface area contributed by atoms with E-state index in [1.54, 1.807) is 18.2 Å². The van der Waals surface area contributed by atoms with Gasteiger partial charge in [0.1, 0.15) is 5.75 Å². The molecule has 0 radical (unpaired) electrons. The van der Waals surface area contributed by atoms with Crippen molar-refractivity contribution in [3.8, 4) is 5.75 Å². The van der Waals surface area contributed by atoms with E-state index in [2.05, 4.69) is 0 Å².